The van der Waals surface area contributed by atoms with Crippen molar-refractivity contribution in [3.63, 3.8) is 0 Å². The molecule has 0 aromatic heterocycles. The van der Waals surface area contributed by atoms with Gasteiger partial charge in [0, 0.05) is 24.4 Å². The third-order valence-corrected chi connectivity index (χ3v) is 5.45. The molecule has 0 aromatic rings. The highest BCUT2D eigenvalue weighted by Crippen LogP contribution is 2.53. The molecule has 0 spiro atoms. The van der Waals surface area contributed by atoms with Gasteiger partial charge in [-0.05, 0) is 56.3 Å². The molecule has 0 bridgehead atoms. The summed E-state index contributed by atoms with van der Waals surface area (Å²) in [5.41, 5.74) is 7.90. The predicted molar refractivity (Wildman–Crippen MR) is 96.4 cm³/mol. The molecule has 0 aromatic carbocycles. The molecule has 1 amide bonds. The minimum atomic E-state index is -1.30. The summed E-state index contributed by atoms with van der Waals surface area (Å²) in [5.74, 6) is 7.41. The Morgan fingerprint density at radius 2 is 1.96 bits per heavy atom. The zero-order valence-electron chi connectivity index (χ0n) is 15.5. The van der Waals surface area contributed by atoms with E-state index in [1.807, 2.05) is 0 Å². The lowest BCUT2D eigenvalue weighted by Crippen LogP contribution is -2.34. The van der Waals surface area contributed by atoms with E-state index >= 15 is 0 Å². The number of hydrazine groups is 1. The van der Waals surface area contributed by atoms with Crippen LogP contribution in [-0.4, -0.2) is 43.1 Å². The van der Waals surface area contributed by atoms with Crippen LogP contribution in [0.5, 0.6) is 0 Å². The summed E-state index contributed by atoms with van der Waals surface area (Å²) in [7, 11) is 0. The molecule has 152 valence electrons. The average Bonchev–Trinajstić information content (AvgIpc) is 3.28. The van der Waals surface area contributed by atoms with Crippen molar-refractivity contribution in [2.45, 2.75) is 44.9 Å². The Morgan fingerprint density at radius 1 is 1.26 bits per heavy atom. The van der Waals surface area contributed by atoms with Crippen LogP contribution in [0.1, 0.15) is 44.9 Å². The highest BCUT2D eigenvalue weighted by Gasteiger charge is 2.50. The summed E-state index contributed by atoms with van der Waals surface area (Å²) < 4.78 is 17.4. The number of amides is 1. The van der Waals surface area contributed by atoms with Crippen molar-refractivity contribution in [3.8, 4) is 0 Å². The van der Waals surface area contributed by atoms with E-state index in [9.17, 15) is 18.8 Å². The Morgan fingerprint density at radius 3 is 2.63 bits per heavy atom. The number of alkyl carbamates (subject to hydrolysis) is 1. The van der Waals surface area contributed by atoms with E-state index < -0.39 is 12.1 Å². The quantitative estimate of drug-likeness (QED) is 0.171. The molecule has 2 aliphatic rings. The molecule has 0 heterocycles. The summed E-state index contributed by atoms with van der Waals surface area (Å²) in [4.78, 5) is 32.0. The molecule has 8 nitrogen and oxygen atoms in total. The number of hydrogen-bond acceptors (Lipinski definition) is 7. The number of ether oxygens (including phenoxy) is 1. The van der Waals surface area contributed by atoms with Crippen molar-refractivity contribution in [1.29, 1.82) is 0 Å². The fourth-order valence-electron chi connectivity index (χ4n) is 3.92. The Balaban J connectivity index is 1.76. The predicted octanol–water partition coefficient (Wildman–Crippen LogP) is 1.36. The zero-order chi connectivity index (χ0) is 19.8. The SMILES string of the molecule is N/C1=C(\N(N)CCCCC(=O)F)CCC2C(CC1)C2COC(=O)NCC=O. The van der Waals surface area contributed by atoms with Crippen LogP contribution in [0.15, 0.2) is 11.4 Å². The van der Waals surface area contributed by atoms with E-state index in [0.717, 1.165) is 37.1 Å². The number of fused-ring (bicyclic) bond motifs is 1. The smallest absolute Gasteiger partial charge is 0.407 e. The van der Waals surface area contributed by atoms with Gasteiger partial charge in [0.05, 0.1) is 13.2 Å². The molecule has 3 unspecified atom stereocenters. The molecule has 2 aliphatic carbocycles. The van der Waals surface area contributed by atoms with Gasteiger partial charge in [-0.2, -0.15) is 4.39 Å². The van der Waals surface area contributed by atoms with Gasteiger partial charge in [0.15, 0.2) is 0 Å². The molecule has 0 radical (unpaired) electrons. The molecule has 5 N–H and O–H groups in total. The van der Waals surface area contributed by atoms with Gasteiger partial charge in [-0.3, -0.25) is 4.79 Å². The third-order valence-electron chi connectivity index (χ3n) is 5.45. The number of carbonyl (C=O) groups is 3. The van der Waals surface area contributed by atoms with Crippen LogP contribution in [0.4, 0.5) is 9.18 Å². The number of halogens is 1. The minimum absolute atomic E-state index is 0.0496. The van der Waals surface area contributed by atoms with Gasteiger partial charge in [0.1, 0.15) is 6.29 Å². The highest BCUT2D eigenvalue weighted by atomic mass is 19.1. The highest BCUT2D eigenvalue weighted by molar-refractivity contribution is 5.70. The lowest BCUT2D eigenvalue weighted by Gasteiger charge is -2.25. The van der Waals surface area contributed by atoms with E-state index in [1.54, 1.807) is 5.01 Å². The summed E-state index contributed by atoms with van der Waals surface area (Å²) in [6.07, 6.45) is 4.38. The van der Waals surface area contributed by atoms with Gasteiger partial charge in [0.2, 0.25) is 0 Å². The largest absolute Gasteiger partial charge is 0.449 e. The molecule has 1 fully saturated rings. The first-order valence-electron chi connectivity index (χ1n) is 9.46. The number of unbranched alkanes of at least 4 members (excludes halogenated alkanes) is 1. The lowest BCUT2D eigenvalue weighted by molar-refractivity contribution is -0.129. The summed E-state index contributed by atoms with van der Waals surface area (Å²) in [6.45, 7) is 0.825. The molecular weight excluding hydrogens is 355 g/mol. The van der Waals surface area contributed by atoms with Crippen molar-refractivity contribution in [2.75, 3.05) is 19.7 Å². The number of hydrogen-bond donors (Lipinski definition) is 3. The first-order valence-corrected chi connectivity index (χ1v) is 9.46. The number of carbonyl (C=O) groups excluding carboxylic acids is 3. The van der Waals surface area contributed by atoms with Crippen LogP contribution in [0.25, 0.3) is 0 Å². The van der Waals surface area contributed by atoms with E-state index in [1.165, 1.54) is 0 Å². The van der Waals surface area contributed by atoms with Gasteiger partial charge >= 0.3 is 12.1 Å². The van der Waals surface area contributed by atoms with Crippen LogP contribution in [-0.2, 0) is 14.3 Å². The number of aldehydes is 1. The van der Waals surface area contributed by atoms with Gasteiger partial charge in [-0.1, -0.05) is 0 Å². The molecule has 2 rings (SSSR count). The van der Waals surface area contributed by atoms with Crippen LogP contribution in [0.3, 0.4) is 0 Å². The number of rotatable bonds is 10. The molecule has 0 aliphatic heterocycles. The fourth-order valence-corrected chi connectivity index (χ4v) is 3.92. The fraction of sp³-hybridized carbons (Fsp3) is 0.722. The average molecular weight is 384 g/mol. The topological polar surface area (TPSA) is 128 Å². The molecule has 27 heavy (non-hydrogen) atoms. The second-order valence-electron chi connectivity index (χ2n) is 7.19. The van der Waals surface area contributed by atoms with Crippen LogP contribution >= 0.6 is 0 Å². The number of nitrogens with zero attached hydrogens (tertiary/aromatic N) is 1. The lowest BCUT2D eigenvalue weighted by atomic mass is 10.0. The minimum Gasteiger partial charge on any atom is -0.449 e. The molecule has 3 atom stereocenters. The van der Waals surface area contributed by atoms with Crippen LogP contribution in [0, 0.1) is 17.8 Å². The third kappa shape index (κ3) is 6.50. The summed E-state index contributed by atoms with van der Waals surface area (Å²) >= 11 is 0. The number of nitrogens with two attached hydrogens (primary N) is 2. The molecule has 1 saturated carbocycles. The monoisotopic (exact) mass is 384 g/mol. The Kier molecular flexibility index (Phi) is 8.02. The second kappa shape index (κ2) is 10.2. The van der Waals surface area contributed by atoms with Crippen molar-refractivity contribution < 1.29 is 23.5 Å². The van der Waals surface area contributed by atoms with Gasteiger partial charge in [-0.25, -0.2) is 10.6 Å². The van der Waals surface area contributed by atoms with Crippen molar-refractivity contribution >= 4 is 18.4 Å². The van der Waals surface area contributed by atoms with Crippen LogP contribution < -0.4 is 16.9 Å². The molecule has 9 heteroatoms. The van der Waals surface area contributed by atoms with E-state index in [2.05, 4.69) is 5.32 Å². The second-order valence-corrected chi connectivity index (χ2v) is 7.19. The van der Waals surface area contributed by atoms with E-state index in [-0.39, 0.29) is 13.0 Å². The maximum absolute atomic E-state index is 12.2. The Labute approximate surface area is 158 Å². The van der Waals surface area contributed by atoms with Gasteiger partial charge in [0.25, 0.3) is 0 Å². The Bertz CT molecular complexity index is 584. The summed E-state index contributed by atoms with van der Waals surface area (Å²) in [5, 5.41) is 3.98. The normalized spacial score (nSPS) is 27.0. The van der Waals surface area contributed by atoms with Gasteiger partial charge in [-0.15, -0.1) is 0 Å². The van der Waals surface area contributed by atoms with Crippen LogP contribution in [0.2, 0.25) is 0 Å². The summed E-state index contributed by atoms with van der Waals surface area (Å²) in [6, 6.07) is -1.30. The molecule has 0 saturated heterocycles. The van der Waals surface area contributed by atoms with E-state index in [4.69, 9.17) is 16.3 Å². The number of allylic oxidation sites excluding steroid dienone is 2. The first kappa shape index (κ1) is 21.1. The van der Waals surface area contributed by atoms with Crippen molar-refractivity contribution in [2.24, 2.45) is 29.3 Å². The molecular formula is C18H29FN4O4. The maximum Gasteiger partial charge on any atom is 0.407 e. The number of nitrogens with one attached hydrogen (secondary N) is 1. The maximum atomic E-state index is 12.2. The van der Waals surface area contributed by atoms with E-state index in [0.29, 0.717) is 50.0 Å². The van der Waals surface area contributed by atoms with Crippen molar-refractivity contribution in [3.05, 3.63) is 11.4 Å². The van der Waals surface area contributed by atoms with Gasteiger partial charge < -0.3 is 25.6 Å². The van der Waals surface area contributed by atoms with Crippen molar-refractivity contribution in [1.82, 2.24) is 10.3 Å². The standard InChI is InChI=1S/C18H29FN4O4/c19-17(25)3-1-2-9-23(21)16-7-5-13-12(4-6-15(16)20)14(13)11-27-18(26)22-8-10-24/h10,12-14H,1-9,11,20-21H2,(H,22,26)/b16-15-. The first-order chi connectivity index (χ1) is 12.9. The Hall–Kier alpha value is -2.16. The zero-order valence-corrected chi connectivity index (χ0v) is 15.5.